The first-order chi connectivity index (χ1) is 8.72. The number of anilines is 2. The number of hydrogen-bond donors (Lipinski definition) is 1. The van der Waals surface area contributed by atoms with Crippen molar-refractivity contribution in [3.8, 4) is 0 Å². The van der Waals surface area contributed by atoms with E-state index < -0.39 is 0 Å². The second kappa shape index (κ2) is 4.55. The number of nitrogens with zero attached hydrogens (tertiary/aromatic N) is 2. The quantitative estimate of drug-likeness (QED) is 0.753. The van der Waals surface area contributed by atoms with Crippen molar-refractivity contribution in [2.45, 2.75) is 6.92 Å². The molecule has 1 aromatic carbocycles. The minimum Gasteiger partial charge on any atom is -0.330 e. The molecule has 90 valence electrons. The first kappa shape index (κ1) is 11.4. The maximum atomic E-state index is 5.81. The Morgan fingerprint density at radius 3 is 2.83 bits per heavy atom. The van der Waals surface area contributed by atoms with Crippen LogP contribution in [0.25, 0.3) is 10.9 Å². The number of hydrogen-bond acceptors (Lipinski definition) is 4. The molecule has 0 saturated heterocycles. The van der Waals surface area contributed by atoms with Crippen molar-refractivity contribution in [2.24, 2.45) is 0 Å². The molecule has 0 spiro atoms. The highest BCUT2D eigenvalue weighted by molar-refractivity contribution is 7.14. The van der Waals surface area contributed by atoms with Gasteiger partial charge < -0.3 is 5.32 Å². The number of thiazole rings is 1. The van der Waals surface area contributed by atoms with E-state index in [0.717, 1.165) is 27.4 Å². The Kier molecular flexibility index (Phi) is 2.89. The molecule has 0 aliphatic heterocycles. The van der Waals surface area contributed by atoms with E-state index in [-0.39, 0.29) is 0 Å². The average molecular weight is 276 g/mol. The summed E-state index contributed by atoms with van der Waals surface area (Å²) in [6.07, 6.45) is 0. The van der Waals surface area contributed by atoms with Crippen LogP contribution in [0.3, 0.4) is 0 Å². The van der Waals surface area contributed by atoms with Crippen LogP contribution in [0.5, 0.6) is 0 Å². The lowest BCUT2D eigenvalue weighted by Gasteiger charge is -2.07. The Morgan fingerprint density at radius 1 is 1.17 bits per heavy atom. The molecule has 0 aliphatic rings. The van der Waals surface area contributed by atoms with Crippen molar-refractivity contribution in [3.63, 3.8) is 0 Å². The van der Waals surface area contributed by atoms with Crippen molar-refractivity contribution >= 4 is 44.7 Å². The summed E-state index contributed by atoms with van der Waals surface area (Å²) in [5.41, 5.74) is 2.89. The third-order valence-corrected chi connectivity index (χ3v) is 3.66. The van der Waals surface area contributed by atoms with E-state index in [0.29, 0.717) is 5.15 Å². The highest BCUT2D eigenvalue weighted by atomic mass is 35.5. The third-order valence-electron chi connectivity index (χ3n) is 2.58. The van der Waals surface area contributed by atoms with E-state index in [1.54, 1.807) is 5.38 Å². The number of halogens is 1. The Hall–Kier alpha value is -1.65. The Labute approximate surface area is 113 Å². The molecule has 5 heteroatoms. The molecule has 0 aliphatic carbocycles. The lowest BCUT2D eigenvalue weighted by molar-refractivity contribution is 1.25. The van der Waals surface area contributed by atoms with E-state index in [4.69, 9.17) is 11.6 Å². The van der Waals surface area contributed by atoms with Gasteiger partial charge in [0.25, 0.3) is 0 Å². The highest BCUT2D eigenvalue weighted by Crippen LogP contribution is 2.27. The summed E-state index contributed by atoms with van der Waals surface area (Å²) in [5, 5.41) is 7.44. The van der Waals surface area contributed by atoms with Crippen molar-refractivity contribution in [1.82, 2.24) is 9.97 Å². The maximum Gasteiger partial charge on any atom is 0.188 e. The largest absolute Gasteiger partial charge is 0.330 e. The lowest BCUT2D eigenvalue weighted by Crippen LogP contribution is -1.93. The summed E-state index contributed by atoms with van der Waals surface area (Å²) in [5.74, 6) is 0. The monoisotopic (exact) mass is 275 g/mol. The van der Waals surface area contributed by atoms with Crippen LogP contribution in [0.15, 0.2) is 35.7 Å². The van der Waals surface area contributed by atoms with Crippen LogP contribution < -0.4 is 5.32 Å². The van der Waals surface area contributed by atoms with Gasteiger partial charge in [-0.25, -0.2) is 4.98 Å². The van der Waals surface area contributed by atoms with E-state index in [1.807, 2.05) is 31.2 Å². The van der Waals surface area contributed by atoms with E-state index in [1.165, 1.54) is 11.3 Å². The fourth-order valence-electron chi connectivity index (χ4n) is 1.77. The SMILES string of the molecule is Cc1ccc2cccc(Nc3nc(Cl)cs3)c2n1. The molecular formula is C13H10ClN3S. The number of rotatable bonds is 2. The zero-order chi connectivity index (χ0) is 12.5. The zero-order valence-corrected chi connectivity index (χ0v) is 11.2. The number of aryl methyl sites for hydroxylation is 1. The highest BCUT2D eigenvalue weighted by Gasteiger charge is 2.05. The van der Waals surface area contributed by atoms with Crippen LogP contribution in [0.1, 0.15) is 5.69 Å². The molecule has 1 N–H and O–H groups in total. The van der Waals surface area contributed by atoms with Gasteiger partial charge in [0.2, 0.25) is 0 Å². The van der Waals surface area contributed by atoms with Crippen molar-refractivity contribution in [1.29, 1.82) is 0 Å². The molecule has 18 heavy (non-hydrogen) atoms. The summed E-state index contributed by atoms with van der Waals surface area (Å²) >= 11 is 7.29. The van der Waals surface area contributed by atoms with Crippen LogP contribution in [-0.2, 0) is 0 Å². The average Bonchev–Trinajstić information content (AvgIpc) is 2.76. The third kappa shape index (κ3) is 2.17. The van der Waals surface area contributed by atoms with Gasteiger partial charge in [0.1, 0.15) is 5.15 Å². The minimum atomic E-state index is 0.506. The minimum absolute atomic E-state index is 0.506. The molecule has 0 radical (unpaired) electrons. The summed E-state index contributed by atoms with van der Waals surface area (Å²) in [4.78, 5) is 8.74. The Morgan fingerprint density at radius 2 is 2.06 bits per heavy atom. The van der Waals surface area contributed by atoms with Gasteiger partial charge in [-0.05, 0) is 19.1 Å². The molecular weight excluding hydrogens is 266 g/mol. The summed E-state index contributed by atoms with van der Waals surface area (Å²) in [6, 6.07) is 10.1. The van der Waals surface area contributed by atoms with Crippen LogP contribution in [-0.4, -0.2) is 9.97 Å². The van der Waals surface area contributed by atoms with E-state index >= 15 is 0 Å². The van der Waals surface area contributed by atoms with Crippen LogP contribution in [0, 0.1) is 6.92 Å². The molecule has 3 nitrogen and oxygen atoms in total. The number of pyridine rings is 1. The molecule has 0 fully saturated rings. The van der Waals surface area contributed by atoms with Gasteiger partial charge in [0.15, 0.2) is 5.13 Å². The fourth-order valence-corrected chi connectivity index (χ4v) is 2.62. The first-order valence-corrected chi connectivity index (χ1v) is 6.72. The molecule has 0 unspecified atom stereocenters. The van der Waals surface area contributed by atoms with Crippen LogP contribution in [0.2, 0.25) is 5.15 Å². The maximum absolute atomic E-state index is 5.81. The number of benzene rings is 1. The topological polar surface area (TPSA) is 37.8 Å². The zero-order valence-electron chi connectivity index (χ0n) is 9.64. The van der Waals surface area contributed by atoms with Gasteiger partial charge in [-0.3, -0.25) is 4.98 Å². The standard InChI is InChI=1S/C13H10ClN3S/c1-8-5-6-9-3-2-4-10(12(9)15-8)16-13-17-11(14)7-18-13/h2-7H,1H3,(H,16,17). The van der Waals surface area contributed by atoms with E-state index in [2.05, 4.69) is 21.4 Å². The predicted octanol–water partition coefficient (Wildman–Crippen LogP) is 4.40. The number of fused-ring (bicyclic) bond motifs is 1. The number of aromatic nitrogens is 2. The van der Waals surface area contributed by atoms with Gasteiger partial charge in [-0.15, -0.1) is 11.3 Å². The van der Waals surface area contributed by atoms with Gasteiger partial charge >= 0.3 is 0 Å². The van der Waals surface area contributed by atoms with Gasteiger partial charge in [0.05, 0.1) is 11.2 Å². The molecule has 3 rings (SSSR count). The second-order valence-electron chi connectivity index (χ2n) is 3.93. The summed E-state index contributed by atoms with van der Waals surface area (Å²) in [7, 11) is 0. The van der Waals surface area contributed by atoms with Gasteiger partial charge in [-0.2, -0.15) is 0 Å². The number of para-hydroxylation sites is 1. The molecule has 2 heterocycles. The van der Waals surface area contributed by atoms with Gasteiger partial charge in [0, 0.05) is 16.5 Å². The van der Waals surface area contributed by atoms with Crippen molar-refractivity contribution < 1.29 is 0 Å². The van der Waals surface area contributed by atoms with Crippen molar-refractivity contribution in [2.75, 3.05) is 5.32 Å². The lowest BCUT2D eigenvalue weighted by atomic mass is 10.2. The van der Waals surface area contributed by atoms with Crippen molar-refractivity contribution in [3.05, 3.63) is 46.6 Å². The molecule has 0 atom stereocenters. The summed E-state index contributed by atoms with van der Waals surface area (Å²) < 4.78 is 0. The van der Waals surface area contributed by atoms with Gasteiger partial charge in [-0.1, -0.05) is 29.8 Å². The Balaban J connectivity index is 2.08. The van der Waals surface area contributed by atoms with Crippen LogP contribution >= 0.6 is 22.9 Å². The smallest absolute Gasteiger partial charge is 0.188 e. The fraction of sp³-hybridized carbons (Fsp3) is 0.0769. The molecule has 3 aromatic rings. The first-order valence-electron chi connectivity index (χ1n) is 5.47. The van der Waals surface area contributed by atoms with Crippen LogP contribution in [0.4, 0.5) is 10.8 Å². The molecule has 2 aromatic heterocycles. The Bertz CT molecular complexity index is 708. The number of nitrogens with one attached hydrogen (secondary N) is 1. The summed E-state index contributed by atoms with van der Waals surface area (Å²) in [6.45, 7) is 1.98. The second-order valence-corrected chi connectivity index (χ2v) is 5.18. The molecule has 0 bridgehead atoms. The predicted molar refractivity (Wildman–Crippen MR) is 76.9 cm³/mol. The normalized spacial score (nSPS) is 10.8. The van der Waals surface area contributed by atoms with E-state index in [9.17, 15) is 0 Å². The molecule has 0 saturated carbocycles. The molecule has 0 amide bonds.